The molecule has 0 radical (unpaired) electrons. The topological polar surface area (TPSA) is 51.8 Å². The minimum Gasteiger partial charge on any atom is -0.397 e. The van der Waals surface area contributed by atoms with Crippen LogP contribution in [0.5, 0.6) is 0 Å². The van der Waals surface area contributed by atoms with Crippen molar-refractivity contribution in [3.8, 4) is 0 Å². The Morgan fingerprint density at radius 1 is 1.21 bits per heavy atom. The summed E-state index contributed by atoms with van der Waals surface area (Å²) in [6.07, 6.45) is 0. The molecule has 0 saturated heterocycles. The van der Waals surface area contributed by atoms with Crippen molar-refractivity contribution in [2.24, 2.45) is 0 Å². The van der Waals surface area contributed by atoms with E-state index in [0.29, 0.717) is 10.3 Å². The number of halogens is 1. The first-order valence-electron chi connectivity index (χ1n) is 4.28. The van der Waals surface area contributed by atoms with Gasteiger partial charge in [0.05, 0.1) is 5.69 Å². The summed E-state index contributed by atoms with van der Waals surface area (Å²) in [6, 6.07) is 3.92. The molecule has 0 aromatic carbocycles. The lowest BCUT2D eigenvalue weighted by molar-refractivity contribution is 1.18. The molecule has 72 valence electrons. The maximum atomic E-state index is 5.76. The molecule has 0 aliphatic rings. The first kappa shape index (κ1) is 9.40. The van der Waals surface area contributed by atoms with Gasteiger partial charge in [-0.2, -0.15) is 0 Å². The minimum absolute atomic E-state index is 0.645. The molecule has 4 heteroatoms. The van der Waals surface area contributed by atoms with Gasteiger partial charge in [0.25, 0.3) is 0 Å². The van der Waals surface area contributed by atoms with Crippen LogP contribution in [-0.4, -0.2) is 9.97 Å². The van der Waals surface area contributed by atoms with E-state index in [1.807, 2.05) is 26.0 Å². The molecule has 0 amide bonds. The second kappa shape index (κ2) is 3.20. The number of aryl methyl sites for hydroxylation is 2. The van der Waals surface area contributed by atoms with E-state index in [1.54, 1.807) is 0 Å². The zero-order valence-electron chi connectivity index (χ0n) is 8.00. The van der Waals surface area contributed by atoms with Crippen LogP contribution in [0.15, 0.2) is 16.7 Å². The van der Waals surface area contributed by atoms with Crippen LogP contribution in [0, 0.1) is 13.8 Å². The Morgan fingerprint density at radius 2 is 1.93 bits per heavy atom. The van der Waals surface area contributed by atoms with Gasteiger partial charge in [-0.15, -0.1) is 0 Å². The van der Waals surface area contributed by atoms with E-state index < -0.39 is 0 Å². The Labute approximate surface area is 90.5 Å². The van der Waals surface area contributed by atoms with Gasteiger partial charge in [0.1, 0.15) is 4.60 Å². The Morgan fingerprint density at radius 3 is 2.64 bits per heavy atom. The number of hydrogen-bond acceptors (Lipinski definition) is 3. The average molecular weight is 252 g/mol. The third kappa shape index (κ3) is 1.46. The average Bonchev–Trinajstić information content (AvgIpc) is 2.08. The molecular formula is C10H10BrN3. The van der Waals surface area contributed by atoms with Crippen LogP contribution < -0.4 is 5.73 Å². The smallest absolute Gasteiger partial charge is 0.161 e. The molecule has 0 atom stereocenters. The number of nitrogen functional groups attached to an aromatic ring is 1. The lowest BCUT2D eigenvalue weighted by atomic mass is 10.1. The predicted octanol–water partition coefficient (Wildman–Crippen LogP) is 2.59. The zero-order valence-corrected chi connectivity index (χ0v) is 9.59. The maximum absolute atomic E-state index is 5.76. The Kier molecular flexibility index (Phi) is 2.15. The summed E-state index contributed by atoms with van der Waals surface area (Å²) in [7, 11) is 0. The van der Waals surface area contributed by atoms with Crippen LogP contribution in [0.25, 0.3) is 11.0 Å². The van der Waals surface area contributed by atoms with E-state index in [0.717, 1.165) is 22.3 Å². The van der Waals surface area contributed by atoms with Gasteiger partial charge in [0.15, 0.2) is 5.65 Å². The quantitative estimate of drug-likeness (QED) is 0.733. The van der Waals surface area contributed by atoms with Crippen molar-refractivity contribution in [3.63, 3.8) is 0 Å². The molecule has 14 heavy (non-hydrogen) atoms. The highest BCUT2D eigenvalue weighted by molar-refractivity contribution is 9.10. The van der Waals surface area contributed by atoms with Crippen molar-refractivity contribution in [2.45, 2.75) is 13.8 Å². The summed E-state index contributed by atoms with van der Waals surface area (Å²) >= 11 is 3.29. The third-order valence-electron chi connectivity index (χ3n) is 2.12. The highest BCUT2D eigenvalue weighted by Gasteiger charge is 2.05. The van der Waals surface area contributed by atoms with Gasteiger partial charge in [-0.05, 0) is 47.5 Å². The van der Waals surface area contributed by atoms with Crippen molar-refractivity contribution >= 4 is 32.7 Å². The number of nitrogens with zero attached hydrogens (tertiary/aromatic N) is 2. The summed E-state index contributed by atoms with van der Waals surface area (Å²) < 4.78 is 0.655. The fraction of sp³-hybridized carbons (Fsp3) is 0.200. The number of hydrogen-bond donors (Lipinski definition) is 1. The summed E-state index contributed by atoms with van der Waals surface area (Å²) in [4.78, 5) is 8.62. The highest BCUT2D eigenvalue weighted by atomic mass is 79.9. The van der Waals surface area contributed by atoms with Crippen LogP contribution in [0.4, 0.5) is 5.69 Å². The van der Waals surface area contributed by atoms with Crippen LogP contribution in [0.1, 0.15) is 11.3 Å². The highest BCUT2D eigenvalue weighted by Crippen LogP contribution is 2.24. The van der Waals surface area contributed by atoms with Crippen LogP contribution >= 0.6 is 15.9 Å². The second-order valence-electron chi connectivity index (χ2n) is 3.32. The van der Waals surface area contributed by atoms with E-state index in [-0.39, 0.29) is 0 Å². The van der Waals surface area contributed by atoms with Gasteiger partial charge in [0.2, 0.25) is 0 Å². The molecule has 2 aromatic heterocycles. The Bertz CT molecular complexity index is 508. The van der Waals surface area contributed by atoms with Crippen molar-refractivity contribution in [3.05, 3.63) is 28.0 Å². The molecule has 2 rings (SSSR count). The summed E-state index contributed by atoms with van der Waals surface area (Å²) in [5, 5.41) is 1.01. The largest absolute Gasteiger partial charge is 0.397 e. The molecule has 0 aliphatic heterocycles. The number of rotatable bonds is 0. The fourth-order valence-electron chi connectivity index (χ4n) is 1.46. The van der Waals surface area contributed by atoms with Crippen molar-refractivity contribution < 1.29 is 0 Å². The standard InChI is InChI=1S/C10H10BrN3/c1-5-3-6(2)13-10-7(5)4-8(12)9(11)14-10/h3-4H,12H2,1-2H3. The van der Waals surface area contributed by atoms with Crippen molar-refractivity contribution in [1.29, 1.82) is 0 Å². The van der Waals surface area contributed by atoms with Crippen molar-refractivity contribution in [1.82, 2.24) is 9.97 Å². The number of aromatic nitrogens is 2. The molecule has 2 N–H and O–H groups in total. The molecule has 0 saturated carbocycles. The lowest BCUT2D eigenvalue weighted by Crippen LogP contribution is -1.95. The van der Waals surface area contributed by atoms with Crippen LogP contribution in [-0.2, 0) is 0 Å². The van der Waals surface area contributed by atoms with Gasteiger partial charge in [-0.25, -0.2) is 9.97 Å². The van der Waals surface area contributed by atoms with Crippen LogP contribution in [0.3, 0.4) is 0 Å². The molecule has 2 heterocycles. The van der Waals surface area contributed by atoms with E-state index in [2.05, 4.69) is 25.9 Å². The Balaban J connectivity index is 2.89. The lowest BCUT2D eigenvalue weighted by Gasteiger charge is -2.04. The van der Waals surface area contributed by atoms with E-state index >= 15 is 0 Å². The summed E-state index contributed by atoms with van der Waals surface area (Å²) in [5.74, 6) is 0. The van der Waals surface area contributed by atoms with Gasteiger partial charge in [0, 0.05) is 11.1 Å². The maximum Gasteiger partial charge on any atom is 0.161 e. The monoisotopic (exact) mass is 251 g/mol. The SMILES string of the molecule is Cc1cc(C)c2cc(N)c(Br)nc2n1. The molecule has 2 aromatic rings. The molecular weight excluding hydrogens is 242 g/mol. The first-order valence-corrected chi connectivity index (χ1v) is 5.07. The summed E-state index contributed by atoms with van der Waals surface area (Å²) in [6.45, 7) is 3.99. The van der Waals surface area contributed by atoms with E-state index in [4.69, 9.17) is 5.73 Å². The third-order valence-corrected chi connectivity index (χ3v) is 2.75. The fourth-order valence-corrected chi connectivity index (χ4v) is 1.75. The second-order valence-corrected chi connectivity index (χ2v) is 4.07. The molecule has 0 unspecified atom stereocenters. The predicted molar refractivity (Wildman–Crippen MR) is 61.1 cm³/mol. The van der Waals surface area contributed by atoms with Crippen LogP contribution in [0.2, 0.25) is 0 Å². The van der Waals surface area contributed by atoms with E-state index in [1.165, 1.54) is 0 Å². The zero-order chi connectivity index (χ0) is 10.3. The normalized spacial score (nSPS) is 10.8. The summed E-state index contributed by atoms with van der Waals surface area (Å²) in [5.41, 5.74) is 9.26. The number of nitrogens with two attached hydrogens (primary N) is 1. The van der Waals surface area contributed by atoms with Gasteiger partial charge >= 0.3 is 0 Å². The van der Waals surface area contributed by atoms with Gasteiger partial charge in [-0.1, -0.05) is 0 Å². The number of fused-ring (bicyclic) bond motifs is 1. The first-order chi connectivity index (χ1) is 6.58. The van der Waals surface area contributed by atoms with Gasteiger partial charge < -0.3 is 5.73 Å². The molecule has 0 spiro atoms. The van der Waals surface area contributed by atoms with E-state index in [9.17, 15) is 0 Å². The van der Waals surface area contributed by atoms with Crippen molar-refractivity contribution in [2.75, 3.05) is 5.73 Å². The number of anilines is 1. The van der Waals surface area contributed by atoms with Gasteiger partial charge in [-0.3, -0.25) is 0 Å². The Hall–Kier alpha value is -1.16. The molecule has 0 bridgehead atoms. The molecule has 3 nitrogen and oxygen atoms in total. The minimum atomic E-state index is 0.645. The molecule has 0 fully saturated rings. The number of pyridine rings is 2. The molecule has 0 aliphatic carbocycles.